The molecule has 0 spiro atoms. The summed E-state index contributed by atoms with van der Waals surface area (Å²) in [5, 5.41) is 6.49. The largest absolute Gasteiger partial charge is 0.454 e. The van der Waals surface area contributed by atoms with Gasteiger partial charge in [0, 0.05) is 18.2 Å². The minimum Gasteiger partial charge on any atom is -0.454 e. The van der Waals surface area contributed by atoms with Crippen molar-refractivity contribution in [3.05, 3.63) is 64.9 Å². The lowest BCUT2D eigenvalue weighted by molar-refractivity contribution is 0.0950. The number of carbonyl (C=O) groups excluding carboxylic acids is 1. The molecule has 27 heavy (non-hydrogen) atoms. The molecule has 0 radical (unpaired) electrons. The van der Waals surface area contributed by atoms with Gasteiger partial charge in [-0.05, 0) is 42.8 Å². The van der Waals surface area contributed by atoms with Crippen LogP contribution in [-0.2, 0) is 6.54 Å². The average Bonchev–Trinajstić information content (AvgIpc) is 3.24. The molecule has 1 N–H and O–H groups in total. The fourth-order valence-corrected chi connectivity index (χ4v) is 2.86. The molecule has 4 rings (SSSR count). The second kappa shape index (κ2) is 6.71. The predicted molar refractivity (Wildman–Crippen MR) is 90.3 cm³/mol. The van der Waals surface area contributed by atoms with Gasteiger partial charge in [-0.25, -0.2) is 8.78 Å². The summed E-state index contributed by atoms with van der Waals surface area (Å²) in [6, 6.07) is 8.22. The number of carbonyl (C=O) groups is 1. The van der Waals surface area contributed by atoms with Crippen molar-refractivity contribution in [1.29, 1.82) is 0 Å². The van der Waals surface area contributed by atoms with Gasteiger partial charge in [-0.2, -0.15) is 0 Å². The van der Waals surface area contributed by atoms with Crippen LogP contribution in [0.15, 0.2) is 40.9 Å². The Morgan fingerprint density at radius 2 is 1.85 bits per heavy atom. The van der Waals surface area contributed by atoms with Crippen LogP contribution in [0, 0.1) is 18.6 Å². The summed E-state index contributed by atoms with van der Waals surface area (Å²) in [5.74, 6) is -0.458. The molecule has 0 fully saturated rings. The highest BCUT2D eigenvalue weighted by molar-refractivity contribution is 6.00. The summed E-state index contributed by atoms with van der Waals surface area (Å²) in [4.78, 5) is 12.6. The fraction of sp³-hybridized carbons (Fsp3) is 0.158. The summed E-state index contributed by atoms with van der Waals surface area (Å²) in [7, 11) is 0. The highest BCUT2D eigenvalue weighted by Crippen LogP contribution is 2.37. The Kier molecular flexibility index (Phi) is 4.23. The minimum atomic E-state index is -0.707. The maximum absolute atomic E-state index is 13.3. The van der Waals surface area contributed by atoms with E-state index in [0.29, 0.717) is 28.3 Å². The summed E-state index contributed by atoms with van der Waals surface area (Å²) < 4.78 is 42.5. The molecule has 1 aliphatic rings. The first kappa shape index (κ1) is 17.0. The zero-order valence-corrected chi connectivity index (χ0v) is 14.2. The Labute approximate surface area is 152 Å². The van der Waals surface area contributed by atoms with E-state index in [2.05, 4.69) is 10.5 Å². The maximum atomic E-state index is 13.3. The third-order valence-corrected chi connectivity index (χ3v) is 4.10. The first-order valence-electron chi connectivity index (χ1n) is 8.11. The molecule has 3 aromatic rings. The molecule has 0 saturated heterocycles. The van der Waals surface area contributed by atoms with E-state index in [1.54, 1.807) is 25.1 Å². The van der Waals surface area contributed by atoms with Crippen molar-refractivity contribution in [2.75, 3.05) is 6.79 Å². The van der Waals surface area contributed by atoms with Crippen LogP contribution in [0.4, 0.5) is 8.78 Å². The number of aromatic nitrogens is 1. The van der Waals surface area contributed by atoms with Crippen molar-refractivity contribution in [2.24, 2.45) is 0 Å². The molecule has 0 unspecified atom stereocenters. The number of hydrogen-bond acceptors (Lipinski definition) is 5. The molecule has 2 aromatic carbocycles. The van der Waals surface area contributed by atoms with Crippen LogP contribution < -0.4 is 14.8 Å². The third-order valence-electron chi connectivity index (χ3n) is 4.10. The Bertz CT molecular complexity index is 1010. The molecule has 1 aliphatic heterocycles. The van der Waals surface area contributed by atoms with E-state index in [-0.39, 0.29) is 24.7 Å². The first-order valence-corrected chi connectivity index (χ1v) is 8.11. The zero-order chi connectivity index (χ0) is 19.0. The van der Waals surface area contributed by atoms with Crippen LogP contribution in [0.2, 0.25) is 0 Å². The van der Waals surface area contributed by atoms with Gasteiger partial charge in [-0.15, -0.1) is 0 Å². The maximum Gasteiger partial charge on any atom is 0.257 e. The number of nitrogens with one attached hydrogen (secondary N) is 1. The molecule has 0 saturated carbocycles. The summed E-state index contributed by atoms with van der Waals surface area (Å²) in [6.07, 6.45) is 0. The molecule has 0 atom stereocenters. The molecule has 1 amide bonds. The monoisotopic (exact) mass is 372 g/mol. The molecular weight excluding hydrogens is 358 g/mol. The Hall–Kier alpha value is -3.42. The molecule has 8 heteroatoms. The minimum absolute atomic E-state index is 0.0429. The number of hydrogen-bond donors (Lipinski definition) is 1. The van der Waals surface area contributed by atoms with E-state index in [0.717, 1.165) is 18.2 Å². The summed E-state index contributed by atoms with van der Waals surface area (Å²) >= 11 is 0. The average molecular weight is 372 g/mol. The number of benzene rings is 2. The number of ether oxygens (including phenoxy) is 2. The quantitative estimate of drug-likeness (QED) is 0.758. The van der Waals surface area contributed by atoms with Crippen LogP contribution in [-0.4, -0.2) is 17.9 Å². The molecule has 0 aliphatic carbocycles. The highest BCUT2D eigenvalue weighted by Gasteiger charge is 2.24. The Morgan fingerprint density at radius 1 is 1.11 bits per heavy atom. The van der Waals surface area contributed by atoms with Gasteiger partial charge < -0.3 is 19.3 Å². The van der Waals surface area contributed by atoms with Gasteiger partial charge in [0.2, 0.25) is 6.79 Å². The number of amides is 1. The molecule has 0 bridgehead atoms. The van der Waals surface area contributed by atoms with E-state index in [4.69, 9.17) is 14.0 Å². The van der Waals surface area contributed by atoms with Crippen LogP contribution >= 0.6 is 0 Å². The number of halogens is 2. The smallest absolute Gasteiger partial charge is 0.257 e. The van der Waals surface area contributed by atoms with Crippen molar-refractivity contribution in [3.63, 3.8) is 0 Å². The fourth-order valence-electron chi connectivity index (χ4n) is 2.86. The van der Waals surface area contributed by atoms with Gasteiger partial charge in [0.1, 0.15) is 17.2 Å². The standard InChI is InChI=1S/C19H14F2N2O4/c1-10-17(19(24)22-8-11-4-13(20)7-14(21)5-11)18(27-23-10)12-2-3-15-16(6-12)26-9-25-15/h2-7H,8-9H2,1H3,(H,22,24). The lowest BCUT2D eigenvalue weighted by atomic mass is 10.1. The molecular formula is C19H14F2N2O4. The molecule has 138 valence electrons. The van der Waals surface area contributed by atoms with E-state index in [1.807, 2.05) is 0 Å². The lowest BCUT2D eigenvalue weighted by Gasteiger charge is -2.07. The van der Waals surface area contributed by atoms with E-state index < -0.39 is 17.5 Å². The van der Waals surface area contributed by atoms with Crippen LogP contribution in [0.1, 0.15) is 21.6 Å². The van der Waals surface area contributed by atoms with Gasteiger partial charge in [-0.1, -0.05) is 5.16 Å². The van der Waals surface area contributed by atoms with Crippen LogP contribution in [0.25, 0.3) is 11.3 Å². The van der Waals surface area contributed by atoms with Gasteiger partial charge in [0.25, 0.3) is 5.91 Å². The van der Waals surface area contributed by atoms with Crippen LogP contribution in [0.3, 0.4) is 0 Å². The van der Waals surface area contributed by atoms with E-state index in [1.165, 1.54) is 0 Å². The van der Waals surface area contributed by atoms with Crippen molar-refractivity contribution in [3.8, 4) is 22.8 Å². The zero-order valence-electron chi connectivity index (χ0n) is 14.2. The molecule has 1 aromatic heterocycles. The van der Waals surface area contributed by atoms with Crippen molar-refractivity contribution in [2.45, 2.75) is 13.5 Å². The van der Waals surface area contributed by atoms with Crippen molar-refractivity contribution < 1.29 is 27.6 Å². The second-order valence-electron chi connectivity index (χ2n) is 6.00. The topological polar surface area (TPSA) is 73.6 Å². The summed E-state index contributed by atoms with van der Waals surface area (Å²) in [5.41, 5.74) is 1.54. The summed E-state index contributed by atoms with van der Waals surface area (Å²) in [6.45, 7) is 1.72. The van der Waals surface area contributed by atoms with Crippen LogP contribution in [0.5, 0.6) is 11.5 Å². The van der Waals surface area contributed by atoms with E-state index in [9.17, 15) is 13.6 Å². The Balaban J connectivity index is 1.58. The van der Waals surface area contributed by atoms with Gasteiger partial charge in [0.05, 0.1) is 5.69 Å². The highest BCUT2D eigenvalue weighted by atomic mass is 19.1. The number of aryl methyl sites for hydroxylation is 1. The van der Waals surface area contributed by atoms with Gasteiger partial charge in [0.15, 0.2) is 17.3 Å². The number of rotatable bonds is 4. The second-order valence-corrected chi connectivity index (χ2v) is 6.00. The normalized spacial score (nSPS) is 12.3. The van der Waals surface area contributed by atoms with Gasteiger partial charge >= 0.3 is 0 Å². The van der Waals surface area contributed by atoms with E-state index >= 15 is 0 Å². The SMILES string of the molecule is Cc1noc(-c2ccc3c(c2)OCO3)c1C(=O)NCc1cc(F)cc(F)c1. The first-order chi connectivity index (χ1) is 13.0. The van der Waals surface area contributed by atoms with Gasteiger partial charge in [-0.3, -0.25) is 4.79 Å². The lowest BCUT2D eigenvalue weighted by Crippen LogP contribution is -2.23. The molecule has 2 heterocycles. The van der Waals surface area contributed by atoms with Crippen molar-refractivity contribution in [1.82, 2.24) is 10.5 Å². The molecule has 6 nitrogen and oxygen atoms in total. The number of fused-ring (bicyclic) bond motifs is 1. The third kappa shape index (κ3) is 3.33. The predicted octanol–water partition coefficient (Wildman–Crippen LogP) is 3.59. The number of nitrogens with zero attached hydrogens (tertiary/aromatic N) is 1. The Morgan fingerprint density at radius 3 is 2.63 bits per heavy atom. The van der Waals surface area contributed by atoms with Crippen molar-refractivity contribution >= 4 is 5.91 Å².